The van der Waals surface area contributed by atoms with Gasteiger partial charge >= 0.3 is 0 Å². The van der Waals surface area contributed by atoms with Crippen molar-refractivity contribution in [1.29, 1.82) is 0 Å². The number of nitrogens with one attached hydrogen (secondary N) is 1. The van der Waals surface area contributed by atoms with E-state index in [-0.39, 0.29) is 24.6 Å². The van der Waals surface area contributed by atoms with Crippen LogP contribution in [0.4, 0.5) is 8.78 Å². The van der Waals surface area contributed by atoms with Gasteiger partial charge in [0.1, 0.15) is 17.6 Å². The summed E-state index contributed by atoms with van der Waals surface area (Å²) in [6.45, 7) is 2.69. The zero-order chi connectivity index (χ0) is 20.6. The second-order valence-electron chi connectivity index (χ2n) is 7.76. The molecule has 2 unspecified atom stereocenters. The molecule has 6 heteroatoms. The third-order valence-electron chi connectivity index (χ3n) is 5.55. The maximum Gasteiger partial charge on any atom is 0.159 e. The Morgan fingerprint density at radius 2 is 1.83 bits per heavy atom. The molecular formula is C24H32ClF2NO2. The van der Waals surface area contributed by atoms with Gasteiger partial charge in [-0.3, -0.25) is 0 Å². The first kappa shape index (κ1) is 24.4. The Morgan fingerprint density at radius 1 is 1.03 bits per heavy atom. The minimum atomic E-state index is -0.819. The molecular weight excluding hydrogens is 408 g/mol. The van der Waals surface area contributed by atoms with Crippen molar-refractivity contribution >= 4 is 12.4 Å². The quantitative estimate of drug-likeness (QED) is 0.416. The first-order valence-corrected chi connectivity index (χ1v) is 10.6. The molecule has 0 amide bonds. The van der Waals surface area contributed by atoms with E-state index in [2.05, 4.69) is 12.2 Å². The molecule has 0 radical (unpaired) electrons. The van der Waals surface area contributed by atoms with Crippen LogP contribution < -0.4 is 14.8 Å². The molecule has 1 N–H and O–H groups in total. The highest BCUT2D eigenvalue weighted by Gasteiger charge is 2.28. The van der Waals surface area contributed by atoms with Crippen molar-refractivity contribution in [2.24, 2.45) is 0 Å². The van der Waals surface area contributed by atoms with Crippen LogP contribution in [0.2, 0.25) is 0 Å². The van der Waals surface area contributed by atoms with E-state index < -0.39 is 11.6 Å². The van der Waals surface area contributed by atoms with Gasteiger partial charge in [-0.05, 0) is 36.6 Å². The molecule has 166 valence electrons. The minimum Gasteiger partial charge on any atom is -0.497 e. The van der Waals surface area contributed by atoms with Crippen molar-refractivity contribution in [1.82, 2.24) is 5.32 Å². The van der Waals surface area contributed by atoms with Gasteiger partial charge in [0.15, 0.2) is 11.6 Å². The maximum atomic E-state index is 13.5. The number of rotatable bonds is 10. The predicted octanol–water partition coefficient (Wildman–Crippen LogP) is 6.74. The van der Waals surface area contributed by atoms with Crippen LogP contribution >= 0.6 is 12.4 Å². The summed E-state index contributed by atoms with van der Waals surface area (Å²) in [5, 5.41) is 3.51. The summed E-state index contributed by atoms with van der Waals surface area (Å²) in [7, 11) is 1.65. The van der Waals surface area contributed by atoms with Crippen LogP contribution in [0.15, 0.2) is 36.4 Å². The first-order chi connectivity index (χ1) is 14.1. The zero-order valence-corrected chi connectivity index (χ0v) is 18.6. The van der Waals surface area contributed by atoms with Crippen molar-refractivity contribution in [2.45, 2.75) is 70.6 Å². The van der Waals surface area contributed by atoms with Crippen molar-refractivity contribution in [3.05, 3.63) is 59.2 Å². The second-order valence-corrected chi connectivity index (χ2v) is 7.76. The summed E-state index contributed by atoms with van der Waals surface area (Å²) in [6.07, 6.45) is 8.18. The molecule has 30 heavy (non-hydrogen) atoms. The first-order valence-electron chi connectivity index (χ1n) is 10.6. The molecule has 0 saturated carbocycles. The Bertz CT molecular complexity index is 803. The molecule has 0 fully saturated rings. The molecule has 0 aliphatic carbocycles. The number of hydrogen-bond donors (Lipinski definition) is 1. The van der Waals surface area contributed by atoms with Gasteiger partial charge in [0.2, 0.25) is 0 Å². The fourth-order valence-electron chi connectivity index (χ4n) is 3.89. The Balaban J connectivity index is 0.00000320. The van der Waals surface area contributed by atoms with Gasteiger partial charge in [-0.1, -0.05) is 44.7 Å². The number of ether oxygens (including phenoxy) is 2. The Hall–Kier alpha value is -1.85. The van der Waals surface area contributed by atoms with E-state index >= 15 is 0 Å². The number of methoxy groups -OCH3 is 1. The Kier molecular flexibility index (Phi) is 9.86. The molecule has 3 nitrogen and oxygen atoms in total. The molecule has 1 heterocycles. The second kappa shape index (κ2) is 12.1. The van der Waals surface area contributed by atoms with E-state index in [1.807, 2.05) is 18.2 Å². The Labute approximate surface area is 184 Å². The van der Waals surface area contributed by atoms with E-state index in [1.165, 1.54) is 37.8 Å². The van der Waals surface area contributed by atoms with E-state index in [4.69, 9.17) is 9.47 Å². The van der Waals surface area contributed by atoms with Crippen molar-refractivity contribution < 1.29 is 18.3 Å². The maximum absolute atomic E-state index is 13.5. The van der Waals surface area contributed by atoms with Gasteiger partial charge in [-0.25, -0.2) is 8.78 Å². The molecule has 1 aliphatic heterocycles. The van der Waals surface area contributed by atoms with E-state index in [0.29, 0.717) is 6.54 Å². The zero-order valence-electron chi connectivity index (χ0n) is 17.8. The van der Waals surface area contributed by atoms with E-state index in [0.717, 1.165) is 41.9 Å². The standard InChI is InChI=1S/C24H31F2NO2.ClH/c1-3-4-5-6-7-8-19-14-23(20-11-10-18(28-2)15-24(20)29-19)27-16-17-9-12-21(25)22(26)13-17;/h9-13,15,19,23,27H,3-8,14,16H2,1-2H3;1H. The van der Waals surface area contributed by atoms with Crippen LogP contribution in [0.1, 0.15) is 69.0 Å². The largest absolute Gasteiger partial charge is 0.497 e. The topological polar surface area (TPSA) is 30.5 Å². The molecule has 2 aromatic rings. The molecule has 1 aliphatic rings. The summed E-state index contributed by atoms with van der Waals surface area (Å²) in [5.41, 5.74) is 1.80. The van der Waals surface area contributed by atoms with Crippen LogP contribution in [-0.4, -0.2) is 13.2 Å². The van der Waals surface area contributed by atoms with Crippen LogP contribution in [0.5, 0.6) is 11.5 Å². The SMILES string of the molecule is CCCCCCCC1CC(NCc2ccc(F)c(F)c2)c2ccc(OC)cc2O1.Cl. The summed E-state index contributed by atoms with van der Waals surface area (Å²) in [6, 6.07) is 10.0. The molecule has 0 bridgehead atoms. The van der Waals surface area contributed by atoms with Gasteiger partial charge in [-0.15, -0.1) is 12.4 Å². The number of hydrogen-bond acceptors (Lipinski definition) is 3. The van der Waals surface area contributed by atoms with Gasteiger partial charge < -0.3 is 14.8 Å². The van der Waals surface area contributed by atoms with Gasteiger partial charge in [0.05, 0.1) is 7.11 Å². The fourth-order valence-corrected chi connectivity index (χ4v) is 3.89. The number of halogens is 3. The van der Waals surface area contributed by atoms with Crippen molar-refractivity contribution in [2.75, 3.05) is 7.11 Å². The normalized spacial score (nSPS) is 17.6. The molecule has 0 saturated heterocycles. The molecule has 0 spiro atoms. The van der Waals surface area contributed by atoms with Crippen molar-refractivity contribution in [3.8, 4) is 11.5 Å². The van der Waals surface area contributed by atoms with Crippen molar-refractivity contribution in [3.63, 3.8) is 0 Å². The number of fused-ring (bicyclic) bond motifs is 1. The lowest BCUT2D eigenvalue weighted by Gasteiger charge is -2.33. The predicted molar refractivity (Wildman–Crippen MR) is 119 cm³/mol. The lowest BCUT2D eigenvalue weighted by molar-refractivity contribution is 0.137. The fraction of sp³-hybridized carbons (Fsp3) is 0.500. The molecule has 2 aromatic carbocycles. The number of benzene rings is 2. The highest BCUT2D eigenvalue weighted by atomic mass is 35.5. The van der Waals surface area contributed by atoms with Crippen LogP contribution in [0, 0.1) is 11.6 Å². The van der Waals surface area contributed by atoms with Crippen LogP contribution in [0.3, 0.4) is 0 Å². The molecule has 0 aromatic heterocycles. The van der Waals surface area contributed by atoms with E-state index in [1.54, 1.807) is 13.2 Å². The highest BCUT2D eigenvalue weighted by Crippen LogP contribution is 2.38. The lowest BCUT2D eigenvalue weighted by atomic mass is 9.93. The lowest BCUT2D eigenvalue weighted by Crippen LogP contribution is -2.33. The summed E-state index contributed by atoms with van der Waals surface area (Å²) in [4.78, 5) is 0. The minimum absolute atomic E-state index is 0. The summed E-state index contributed by atoms with van der Waals surface area (Å²) in [5.74, 6) is -0.0181. The van der Waals surface area contributed by atoms with Gasteiger partial charge in [0.25, 0.3) is 0 Å². The average molecular weight is 440 g/mol. The van der Waals surface area contributed by atoms with Crippen LogP contribution in [-0.2, 0) is 6.54 Å². The summed E-state index contributed by atoms with van der Waals surface area (Å²) >= 11 is 0. The molecule has 2 atom stereocenters. The molecule has 3 rings (SSSR count). The number of unbranched alkanes of at least 4 members (excludes halogenated alkanes) is 4. The van der Waals surface area contributed by atoms with Gasteiger partial charge in [-0.2, -0.15) is 0 Å². The van der Waals surface area contributed by atoms with Crippen LogP contribution in [0.25, 0.3) is 0 Å². The highest BCUT2D eigenvalue weighted by molar-refractivity contribution is 5.85. The summed E-state index contributed by atoms with van der Waals surface area (Å²) < 4.78 is 38.3. The third-order valence-corrected chi connectivity index (χ3v) is 5.55. The Morgan fingerprint density at radius 3 is 2.57 bits per heavy atom. The monoisotopic (exact) mass is 439 g/mol. The average Bonchev–Trinajstić information content (AvgIpc) is 2.73. The smallest absolute Gasteiger partial charge is 0.159 e. The van der Waals surface area contributed by atoms with E-state index in [9.17, 15) is 8.78 Å². The van der Waals surface area contributed by atoms with Gasteiger partial charge in [0, 0.05) is 30.6 Å². The third kappa shape index (κ3) is 6.58.